The second-order valence-corrected chi connectivity index (χ2v) is 4.75. The normalized spacial score (nSPS) is 19.2. The van der Waals surface area contributed by atoms with Gasteiger partial charge >= 0.3 is 0 Å². The SMILES string of the molecule is CC1CCCN(C(=O)c2ccc(N=C=O)cc2)C1. The first-order chi connectivity index (χ1) is 8.70. The molecule has 0 bridgehead atoms. The third-order valence-corrected chi connectivity index (χ3v) is 3.23. The maximum Gasteiger partial charge on any atom is 0.253 e. The predicted molar refractivity (Wildman–Crippen MR) is 68.5 cm³/mol. The second kappa shape index (κ2) is 5.61. The van der Waals surface area contributed by atoms with Gasteiger partial charge in [0.25, 0.3) is 5.91 Å². The Morgan fingerprint density at radius 2 is 2.11 bits per heavy atom. The molecule has 94 valence electrons. The first kappa shape index (κ1) is 12.5. The molecule has 1 unspecified atom stereocenters. The molecule has 0 aromatic heterocycles. The third kappa shape index (κ3) is 2.84. The number of rotatable bonds is 2. The molecule has 1 aromatic carbocycles. The van der Waals surface area contributed by atoms with Crippen molar-refractivity contribution >= 4 is 17.7 Å². The molecule has 1 aliphatic rings. The topological polar surface area (TPSA) is 49.7 Å². The van der Waals surface area contributed by atoms with Crippen LogP contribution in [0.3, 0.4) is 0 Å². The molecule has 4 heteroatoms. The number of nitrogens with zero attached hydrogens (tertiary/aromatic N) is 2. The Hall–Kier alpha value is -1.93. The van der Waals surface area contributed by atoms with Gasteiger partial charge in [-0.25, -0.2) is 4.79 Å². The van der Waals surface area contributed by atoms with Crippen LogP contribution in [0.2, 0.25) is 0 Å². The van der Waals surface area contributed by atoms with E-state index in [4.69, 9.17) is 0 Å². The van der Waals surface area contributed by atoms with Crippen LogP contribution < -0.4 is 0 Å². The van der Waals surface area contributed by atoms with Gasteiger partial charge in [0.2, 0.25) is 6.08 Å². The number of carbonyl (C=O) groups is 1. The van der Waals surface area contributed by atoms with E-state index in [0.717, 1.165) is 19.5 Å². The molecule has 0 N–H and O–H groups in total. The Morgan fingerprint density at radius 1 is 1.39 bits per heavy atom. The zero-order valence-electron chi connectivity index (χ0n) is 10.4. The zero-order chi connectivity index (χ0) is 13.0. The molecular weight excluding hydrogens is 228 g/mol. The van der Waals surface area contributed by atoms with Gasteiger partial charge in [0.1, 0.15) is 0 Å². The summed E-state index contributed by atoms with van der Waals surface area (Å²) in [4.78, 5) is 27.7. The lowest BCUT2D eigenvalue weighted by molar-refractivity contribution is 0.0683. The van der Waals surface area contributed by atoms with E-state index in [1.165, 1.54) is 12.5 Å². The second-order valence-electron chi connectivity index (χ2n) is 4.75. The number of benzene rings is 1. The minimum absolute atomic E-state index is 0.0585. The summed E-state index contributed by atoms with van der Waals surface area (Å²) in [6.45, 7) is 3.83. The van der Waals surface area contributed by atoms with Gasteiger partial charge in [-0.1, -0.05) is 6.92 Å². The number of hydrogen-bond donors (Lipinski definition) is 0. The van der Waals surface area contributed by atoms with Crippen LogP contribution in [0.15, 0.2) is 29.3 Å². The van der Waals surface area contributed by atoms with Gasteiger partial charge in [0.15, 0.2) is 0 Å². The highest BCUT2D eigenvalue weighted by Gasteiger charge is 2.21. The van der Waals surface area contributed by atoms with E-state index in [1.807, 2.05) is 4.90 Å². The van der Waals surface area contributed by atoms with Crippen LogP contribution in [0.4, 0.5) is 5.69 Å². The minimum atomic E-state index is 0.0585. The van der Waals surface area contributed by atoms with E-state index < -0.39 is 0 Å². The molecule has 2 rings (SSSR count). The number of isocyanates is 1. The summed E-state index contributed by atoms with van der Waals surface area (Å²) in [5.41, 5.74) is 1.17. The summed E-state index contributed by atoms with van der Waals surface area (Å²) < 4.78 is 0. The molecule has 0 spiro atoms. The number of hydrogen-bond acceptors (Lipinski definition) is 3. The molecule has 0 aliphatic carbocycles. The van der Waals surface area contributed by atoms with Crippen molar-refractivity contribution in [2.75, 3.05) is 13.1 Å². The molecule has 1 fully saturated rings. The number of carbonyl (C=O) groups excluding carboxylic acids is 2. The molecule has 18 heavy (non-hydrogen) atoms. The van der Waals surface area contributed by atoms with Gasteiger partial charge in [-0.3, -0.25) is 4.79 Å². The number of amides is 1. The Morgan fingerprint density at radius 3 is 2.72 bits per heavy atom. The fourth-order valence-corrected chi connectivity index (χ4v) is 2.29. The third-order valence-electron chi connectivity index (χ3n) is 3.23. The van der Waals surface area contributed by atoms with E-state index >= 15 is 0 Å². The summed E-state index contributed by atoms with van der Waals surface area (Å²) in [7, 11) is 0. The average molecular weight is 244 g/mol. The Balaban J connectivity index is 2.10. The fourth-order valence-electron chi connectivity index (χ4n) is 2.29. The van der Waals surface area contributed by atoms with Crippen molar-refractivity contribution in [1.82, 2.24) is 4.90 Å². The lowest BCUT2D eigenvalue weighted by atomic mass is 9.99. The van der Waals surface area contributed by atoms with Gasteiger partial charge in [-0.2, -0.15) is 4.99 Å². The maximum atomic E-state index is 12.2. The summed E-state index contributed by atoms with van der Waals surface area (Å²) >= 11 is 0. The highest BCUT2D eigenvalue weighted by Crippen LogP contribution is 2.19. The smallest absolute Gasteiger partial charge is 0.253 e. The van der Waals surface area contributed by atoms with Crippen molar-refractivity contribution in [3.8, 4) is 0 Å². The van der Waals surface area contributed by atoms with Crippen LogP contribution in [0, 0.1) is 5.92 Å². The summed E-state index contributed by atoms with van der Waals surface area (Å²) in [6, 6.07) is 6.73. The van der Waals surface area contributed by atoms with Crippen molar-refractivity contribution in [2.45, 2.75) is 19.8 Å². The monoisotopic (exact) mass is 244 g/mol. The fraction of sp³-hybridized carbons (Fsp3) is 0.429. The largest absolute Gasteiger partial charge is 0.338 e. The lowest BCUT2D eigenvalue weighted by Gasteiger charge is -2.31. The van der Waals surface area contributed by atoms with Gasteiger partial charge in [-0.05, 0) is 43.0 Å². The van der Waals surface area contributed by atoms with Crippen LogP contribution in [-0.2, 0) is 4.79 Å². The van der Waals surface area contributed by atoms with Crippen LogP contribution >= 0.6 is 0 Å². The Kier molecular flexibility index (Phi) is 3.90. The van der Waals surface area contributed by atoms with Gasteiger partial charge in [0.05, 0.1) is 5.69 Å². The molecule has 1 saturated heterocycles. The molecule has 1 amide bonds. The first-order valence-corrected chi connectivity index (χ1v) is 6.18. The van der Waals surface area contributed by atoms with E-state index in [2.05, 4.69) is 11.9 Å². The molecule has 4 nitrogen and oxygen atoms in total. The Labute approximate surface area is 106 Å². The number of likely N-dealkylation sites (tertiary alicyclic amines) is 1. The van der Waals surface area contributed by atoms with E-state index in [9.17, 15) is 9.59 Å². The zero-order valence-corrected chi connectivity index (χ0v) is 10.4. The van der Waals surface area contributed by atoms with Crippen LogP contribution in [0.1, 0.15) is 30.1 Å². The first-order valence-electron chi connectivity index (χ1n) is 6.18. The van der Waals surface area contributed by atoms with Gasteiger partial charge in [-0.15, -0.1) is 0 Å². The van der Waals surface area contributed by atoms with E-state index in [1.54, 1.807) is 24.3 Å². The number of aliphatic imine (C=N–C) groups is 1. The lowest BCUT2D eigenvalue weighted by Crippen LogP contribution is -2.39. The van der Waals surface area contributed by atoms with Gasteiger partial charge < -0.3 is 4.90 Å². The molecule has 0 saturated carbocycles. The van der Waals surface area contributed by atoms with Crippen LogP contribution in [0.5, 0.6) is 0 Å². The highest BCUT2D eigenvalue weighted by molar-refractivity contribution is 5.94. The quantitative estimate of drug-likeness (QED) is 0.593. The summed E-state index contributed by atoms with van der Waals surface area (Å²) in [6.07, 6.45) is 3.74. The molecule has 1 aromatic rings. The standard InChI is InChI=1S/C14H16N2O2/c1-11-3-2-8-16(9-11)14(18)12-4-6-13(7-5-12)15-10-17/h4-7,11H,2-3,8-9H2,1H3. The van der Waals surface area contributed by atoms with Crippen molar-refractivity contribution in [3.63, 3.8) is 0 Å². The minimum Gasteiger partial charge on any atom is -0.338 e. The van der Waals surface area contributed by atoms with Crippen molar-refractivity contribution in [2.24, 2.45) is 10.9 Å². The van der Waals surface area contributed by atoms with Gasteiger partial charge in [0, 0.05) is 18.7 Å². The predicted octanol–water partition coefficient (Wildman–Crippen LogP) is 2.53. The molecule has 1 aliphatic heterocycles. The molecule has 0 radical (unpaired) electrons. The maximum absolute atomic E-state index is 12.2. The summed E-state index contributed by atoms with van der Waals surface area (Å²) in [5, 5.41) is 0. The molecule has 1 heterocycles. The van der Waals surface area contributed by atoms with E-state index in [0.29, 0.717) is 17.2 Å². The van der Waals surface area contributed by atoms with E-state index in [-0.39, 0.29) is 5.91 Å². The summed E-state index contributed by atoms with van der Waals surface area (Å²) in [5.74, 6) is 0.629. The van der Waals surface area contributed by atoms with Crippen molar-refractivity contribution in [3.05, 3.63) is 29.8 Å². The highest BCUT2D eigenvalue weighted by atomic mass is 16.2. The average Bonchev–Trinajstić information content (AvgIpc) is 2.39. The van der Waals surface area contributed by atoms with Crippen molar-refractivity contribution < 1.29 is 9.59 Å². The molecular formula is C14H16N2O2. The molecule has 1 atom stereocenters. The number of piperidine rings is 1. The van der Waals surface area contributed by atoms with Crippen LogP contribution in [-0.4, -0.2) is 30.0 Å². The Bertz CT molecular complexity index is 475. The van der Waals surface area contributed by atoms with Crippen LogP contribution in [0.25, 0.3) is 0 Å². The van der Waals surface area contributed by atoms with Crippen molar-refractivity contribution in [1.29, 1.82) is 0 Å².